The Hall–Kier alpha value is -6.34. The molecule has 5 amide bonds. The molecule has 0 aliphatic heterocycles. The largest absolute Gasteiger partial charge is 0.478 e. The second-order valence-corrected chi connectivity index (χ2v) is 12.4. The summed E-state index contributed by atoms with van der Waals surface area (Å²) in [7, 11) is 0. The summed E-state index contributed by atoms with van der Waals surface area (Å²) in [6.45, 7) is 3.51. The van der Waals surface area contributed by atoms with E-state index in [-0.39, 0.29) is 31.0 Å². The Labute approximate surface area is 308 Å². The Morgan fingerprint density at radius 3 is 1.57 bits per heavy atom. The van der Waals surface area contributed by atoms with E-state index in [0.29, 0.717) is 17.7 Å². The van der Waals surface area contributed by atoms with Crippen LogP contribution in [0.4, 0.5) is 5.69 Å². The highest BCUT2D eigenvalue weighted by molar-refractivity contribution is 5.99. The first-order valence-corrected chi connectivity index (χ1v) is 17.2. The van der Waals surface area contributed by atoms with E-state index in [2.05, 4.69) is 31.9 Å². The fourth-order valence-electron chi connectivity index (χ4n) is 5.29. The molecular formula is C40H44N6O7. The number of carbonyl (C=O) groups is 6. The quantitative estimate of drug-likeness (QED) is 0.0763. The van der Waals surface area contributed by atoms with Gasteiger partial charge in [0.15, 0.2) is 0 Å². The van der Waals surface area contributed by atoms with Crippen molar-refractivity contribution in [3.05, 3.63) is 138 Å². The molecule has 4 atom stereocenters. The Bertz CT molecular complexity index is 1840. The minimum Gasteiger partial charge on any atom is -0.478 e. The number of hydrogen-bond acceptors (Lipinski definition) is 7. The summed E-state index contributed by atoms with van der Waals surface area (Å²) in [6.07, 6.45) is 0.464. The van der Waals surface area contributed by atoms with Gasteiger partial charge in [-0.25, -0.2) is 4.79 Å². The van der Waals surface area contributed by atoms with Gasteiger partial charge in [0.05, 0.1) is 11.6 Å². The Balaban J connectivity index is 1.33. The highest BCUT2D eigenvalue weighted by Crippen LogP contribution is 2.12. The van der Waals surface area contributed by atoms with Crippen molar-refractivity contribution in [3.8, 4) is 0 Å². The maximum absolute atomic E-state index is 13.4. The number of hydrogen-bond donors (Lipinski definition) is 7. The molecule has 0 radical (unpaired) electrons. The molecule has 13 nitrogen and oxygen atoms in total. The Morgan fingerprint density at radius 1 is 0.528 bits per heavy atom. The van der Waals surface area contributed by atoms with Crippen LogP contribution in [0.2, 0.25) is 0 Å². The van der Waals surface area contributed by atoms with E-state index in [4.69, 9.17) is 5.11 Å². The van der Waals surface area contributed by atoms with Crippen LogP contribution in [0.15, 0.2) is 115 Å². The number of carboxylic acids is 1. The third kappa shape index (κ3) is 12.7. The van der Waals surface area contributed by atoms with Crippen LogP contribution in [-0.4, -0.2) is 77.9 Å². The van der Waals surface area contributed by atoms with E-state index in [1.165, 1.54) is 38.1 Å². The molecule has 0 aliphatic rings. The molecule has 4 aromatic carbocycles. The van der Waals surface area contributed by atoms with E-state index in [0.717, 1.165) is 11.1 Å². The molecule has 4 aromatic rings. The number of anilines is 1. The van der Waals surface area contributed by atoms with Crippen LogP contribution < -0.4 is 31.9 Å². The number of carbonyl (C=O) groups excluding carboxylic acids is 5. The van der Waals surface area contributed by atoms with Crippen LogP contribution in [0, 0.1) is 0 Å². The summed E-state index contributed by atoms with van der Waals surface area (Å²) in [4.78, 5) is 76.9. The lowest BCUT2D eigenvalue weighted by Gasteiger charge is -2.24. The normalized spacial score (nSPS) is 12.9. The van der Waals surface area contributed by atoms with Gasteiger partial charge < -0.3 is 37.0 Å². The van der Waals surface area contributed by atoms with Crippen LogP contribution in [0.5, 0.6) is 0 Å². The average molecular weight is 721 g/mol. The number of carboxylic acid groups (broad SMARTS) is 1. The fourth-order valence-corrected chi connectivity index (χ4v) is 5.29. The molecule has 0 saturated heterocycles. The molecule has 4 rings (SSSR count). The fraction of sp³-hybridized carbons (Fsp3) is 0.250. The first kappa shape index (κ1) is 39.4. The zero-order valence-electron chi connectivity index (χ0n) is 29.5. The van der Waals surface area contributed by atoms with Gasteiger partial charge in [0.2, 0.25) is 23.6 Å². The van der Waals surface area contributed by atoms with Gasteiger partial charge in [0.25, 0.3) is 5.91 Å². The molecule has 13 heteroatoms. The predicted octanol–water partition coefficient (Wildman–Crippen LogP) is 2.69. The summed E-state index contributed by atoms with van der Waals surface area (Å²) >= 11 is 0. The number of rotatable bonds is 18. The molecule has 0 saturated carbocycles. The highest BCUT2D eigenvalue weighted by atomic mass is 16.4. The number of benzene rings is 4. The number of nitrogens with one attached hydrogen (secondary N) is 6. The third-order valence-electron chi connectivity index (χ3n) is 8.26. The topological polar surface area (TPSA) is 195 Å². The summed E-state index contributed by atoms with van der Waals surface area (Å²) in [5.41, 5.74) is 2.59. The predicted molar refractivity (Wildman–Crippen MR) is 200 cm³/mol. The highest BCUT2D eigenvalue weighted by Gasteiger charge is 2.28. The van der Waals surface area contributed by atoms with E-state index >= 15 is 0 Å². The molecule has 7 N–H and O–H groups in total. The maximum atomic E-state index is 13.4. The molecule has 0 heterocycles. The van der Waals surface area contributed by atoms with Gasteiger partial charge in [-0.2, -0.15) is 0 Å². The smallest absolute Gasteiger partial charge is 0.335 e. The minimum atomic E-state index is -1.10. The second kappa shape index (κ2) is 19.9. The van der Waals surface area contributed by atoms with Crippen molar-refractivity contribution >= 4 is 41.2 Å². The summed E-state index contributed by atoms with van der Waals surface area (Å²) in [5, 5.41) is 25.9. The van der Waals surface area contributed by atoms with Gasteiger partial charge in [-0.15, -0.1) is 0 Å². The van der Waals surface area contributed by atoms with Gasteiger partial charge >= 0.3 is 5.97 Å². The third-order valence-corrected chi connectivity index (χ3v) is 8.26. The monoisotopic (exact) mass is 720 g/mol. The molecular weight excluding hydrogens is 676 g/mol. The molecule has 0 fully saturated rings. The molecule has 0 unspecified atom stereocenters. The van der Waals surface area contributed by atoms with Crippen LogP contribution in [0.3, 0.4) is 0 Å². The summed E-state index contributed by atoms with van der Waals surface area (Å²) < 4.78 is 0. The average Bonchev–Trinajstić information content (AvgIpc) is 3.16. The van der Waals surface area contributed by atoms with E-state index in [9.17, 15) is 28.8 Å². The van der Waals surface area contributed by atoms with Gasteiger partial charge in [-0.3, -0.25) is 24.0 Å². The van der Waals surface area contributed by atoms with E-state index in [1.807, 2.05) is 54.6 Å². The number of aromatic carboxylic acids is 1. The molecule has 53 heavy (non-hydrogen) atoms. The van der Waals surface area contributed by atoms with Gasteiger partial charge in [0.1, 0.15) is 18.1 Å². The van der Waals surface area contributed by atoms with Crippen molar-refractivity contribution in [1.82, 2.24) is 26.6 Å². The lowest BCUT2D eigenvalue weighted by atomic mass is 10.0. The Morgan fingerprint density at radius 2 is 1.02 bits per heavy atom. The van der Waals surface area contributed by atoms with E-state index in [1.54, 1.807) is 36.4 Å². The van der Waals surface area contributed by atoms with Gasteiger partial charge in [0, 0.05) is 30.8 Å². The molecule has 0 aromatic heterocycles. The molecule has 276 valence electrons. The maximum Gasteiger partial charge on any atom is 0.335 e. The summed E-state index contributed by atoms with van der Waals surface area (Å²) in [5.74, 6) is -3.57. The second-order valence-electron chi connectivity index (χ2n) is 12.4. The lowest BCUT2D eigenvalue weighted by molar-refractivity contribution is -0.132. The van der Waals surface area contributed by atoms with Gasteiger partial charge in [-0.05, 0) is 67.8 Å². The van der Waals surface area contributed by atoms with Crippen molar-refractivity contribution in [2.24, 2.45) is 0 Å². The van der Waals surface area contributed by atoms with E-state index < -0.39 is 53.8 Å². The number of amides is 5. The van der Waals surface area contributed by atoms with Crippen LogP contribution in [0.25, 0.3) is 0 Å². The first-order valence-electron chi connectivity index (χ1n) is 17.2. The zero-order valence-corrected chi connectivity index (χ0v) is 29.5. The van der Waals surface area contributed by atoms with Crippen molar-refractivity contribution < 1.29 is 33.9 Å². The molecule has 0 spiro atoms. The molecule has 0 bridgehead atoms. The minimum absolute atomic E-state index is 0.0552. The van der Waals surface area contributed by atoms with Crippen molar-refractivity contribution in [1.29, 1.82) is 0 Å². The zero-order chi connectivity index (χ0) is 38.2. The van der Waals surface area contributed by atoms with Gasteiger partial charge in [-0.1, -0.05) is 78.9 Å². The van der Waals surface area contributed by atoms with Crippen molar-refractivity contribution in [3.63, 3.8) is 0 Å². The van der Waals surface area contributed by atoms with Crippen LogP contribution >= 0.6 is 0 Å². The summed E-state index contributed by atoms with van der Waals surface area (Å²) in [6, 6.07) is 28.9. The first-order chi connectivity index (χ1) is 25.5. The Kier molecular flexibility index (Phi) is 14.8. The SMILES string of the molecule is C[C@H](NC(=O)[C@H](C)NC(=O)[C@H](Cc1ccccc1)NCCNC(=O)c1ccccc1)C(=O)N[C@@H](Cc1ccccc1)C(=O)Nc1ccc(C(=O)O)cc1. The van der Waals surface area contributed by atoms with Crippen LogP contribution in [-0.2, 0) is 32.0 Å². The lowest BCUT2D eigenvalue weighted by Crippen LogP contribution is -2.57. The van der Waals surface area contributed by atoms with Crippen molar-refractivity contribution in [2.75, 3.05) is 18.4 Å². The molecule has 0 aliphatic carbocycles. The van der Waals surface area contributed by atoms with Crippen molar-refractivity contribution in [2.45, 2.75) is 50.9 Å². The standard InChI is InChI=1S/C40H44N6O7/c1-26(44-38(50)33(24-28-12-6-3-7-13-28)41-22-23-42-37(49)30-16-10-5-11-17-30)35(47)43-27(2)36(48)46-34(25-29-14-8-4-9-15-29)39(51)45-32-20-18-31(19-21-32)40(52)53/h3-21,26-27,33-34,41H,22-25H2,1-2H3,(H,42,49)(H,43,47)(H,44,50)(H,45,51)(H,46,48)(H,52,53)/t26-,27-,33-,34-/m0/s1. The van der Waals surface area contributed by atoms with Crippen LogP contribution in [0.1, 0.15) is 45.7 Å².